The molecule has 248 valence electrons. The van der Waals surface area contributed by atoms with Gasteiger partial charge in [0.15, 0.2) is 6.04 Å². The van der Waals surface area contributed by atoms with Crippen LogP contribution in [0.15, 0.2) is 61.2 Å². The molecule has 2 aliphatic rings. The molecule has 0 spiro atoms. The summed E-state index contributed by atoms with van der Waals surface area (Å²) in [5, 5.41) is 2.64. The van der Waals surface area contributed by atoms with Crippen LogP contribution in [0.2, 0.25) is 0 Å². The van der Waals surface area contributed by atoms with Crippen molar-refractivity contribution < 1.29 is 42.9 Å². The van der Waals surface area contributed by atoms with Gasteiger partial charge in [-0.3, -0.25) is 4.90 Å². The smallest absolute Gasteiger partial charge is 0.412 e. The fraction of sp³-hybridized carbons (Fsp3) is 0.486. The number of esters is 2. The number of hydrogen-bond donors (Lipinski definition) is 1. The van der Waals surface area contributed by atoms with Crippen LogP contribution in [-0.2, 0) is 33.3 Å². The lowest BCUT2D eigenvalue weighted by atomic mass is 9.98. The molecule has 0 bridgehead atoms. The molecule has 0 heterocycles. The maximum absolute atomic E-state index is 13.5. The lowest BCUT2D eigenvalue weighted by Crippen LogP contribution is -2.59. The van der Waals surface area contributed by atoms with Gasteiger partial charge in [0.25, 0.3) is 0 Å². The van der Waals surface area contributed by atoms with Crippen molar-refractivity contribution in [2.24, 2.45) is 0 Å². The minimum Gasteiger partial charge on any atom is -0.464 e. The van der Waals surface area contributed by atoms with Crippen molar-refractivity contribution in [1.29, 1.82) is 0 Å². The molecule has 0 aliphatic heterocycles. The standard InChI is InChI=1S/C35H44N2O9/c1-8-20-43-32(41)37(35(18-19-35)30(39)42-9-2)22-45-34(6,7)28(29(38)46-33(3,4)5)36-31(40)44-21-27-25-16-12-10-14-23(25)24-15-11-13-17-26(24)27/h8,10-17,27-28H,1,9,18-22H2,2-7H3,(H,36,40)/t28-/m1/s1. The molecule has 11 heteroatoms. The summed E-state index contributed by atoms with van der Waals surface area (Å²) < 4.78 is 28.0. The van der Waals surface area contributed by atoms with Gasteiger partial charge in [0, 0.05) is 5.92 Å². The van der Waals surface area contributed by atoms with Gasteiger partial charge in [-0.15, -0.1) is 0 Å². The van der Waals surface area contributed by atoms with E-state index < -0.39 is 53.6 Å². The summed E-state index contributed by atoms with van der Waals surface area (Å²) in [6.45, 7) is 13.1. The molecule has 0 aromatic heterocycles. The van der Waals surface area contributed by atoms with Crippen molar-refractivity contribution in [2.75, 3.05) is 26.6 Å². The maximum atomic E-state index is 13.5. The molecule has 1 atom stereocenters. The number of benzene rings is 2. The molecule has 2 amide bonds. The number of ether oxygens (including phenoxy) is 5. The lowest BCUT2D eigenvalue weighted by Gasteiger charge is -2.37. The zero-order valence-corrected chi connectivity index (χ0v) is 27.4. The van der Waals surface area contributed by atoms with Crippen LogP contribution in [0.1, 0.15) is 71.4 Å². The largest absolute Gasteiger partial charge is 0.464 e. The molecule has 0 saturated heterocycles. The van der Waals surface area contributed by atoms with Gasteiger partial charge in [-0.25, -0.2) is 19.2 Å². The van der Waals surface area contributed by atoms with Crippen LogP contribution in [0.3, 0.4) is 0 Å². The second-order valence-electron chi connectivity index (χ2n) is 12.9. The number of carbonyl (C=O) groups excluding carboxylic acids is 4. The average Bonchev–Trinajstić information content (AvgIpc) is 3.74. The van der Waals surface area contributed by atoms with Crippen LogP contribution in [0.4, 0.5) is 9.59 Å². The monoisotopic (exact) mass is 636 g/mol. The molecule has 1 saturated carbocycles. The Kier molecular flexibility index (Phi) is 10.5. The zero-order chi connectivity index (χ0) is 33.7. The average molecular weight is 637 g/mol. The molecule has 46 heavy (non-hydrogen) atoms. The van der Waals surface area contributed by atoms with E-state index >= 15 is 0 Å². The third-order valence-electron chi connectivity index (χ3n) is 7.95. The number of nitrogens with zero attached hydrogens (tertiary/aromatic N) is 1. The van der Waals surface area contributed by atoms with Gasteiger partial charge in [-0.2, -0.15) is 0 Å². The fourth-order valence-electron chi connectivity index (χ4n) is 5.48. The third kappa shape index (κ3) is 7.70. The molecule has 2 aromatic rings. The SMILES string of the molecule is C=CCOC(=O)N(COC(C)(C)[C@H](NC(=O)OCC1c2ccccc2-c2ccccc21)C(=O)OC(C)(C)C)C1(C(=O)OCC)CC1. The van der Waals surface area contributed by atoms with E-state index in [1.54, 1.807) is 41.5 Å². The quantitative estimate of drug-likeness (QED) is 0.127. The van der Waals surface area contributed by atoms with Crippen LogP contribution in [0.5, 0.6) is 0 Å². The number of nitrogens with one attached hydrogen (secondary N) is 1. The summed E-state index contributed by atoms with van der Waals surface area (Å²) in [7, 11) is 0. The van der Waals surface area contributed by atoms with Crippen LogP contribution >= 0.6 is 0 Å². The number of amides is 2. The second-order valence-corrected chi connectivity index (χ2v) is 12.9. The number of alkyl carbamates (subject to hydrolysis) is 1. The topological polar surface area (TPSA) is 130 Å². The summed E-state index contributed by atoms with van der Waals surface area (Å²) in [5.74, 6) is -1.53. The Hall–Kier alpha value is -4.38. The van der Waals surface area contributed by atoms with Crippen molar-refractivity contribution >= 4 is 24.1 Å². The predicted molar refractivity (Wildman–Crippen MR) is 170 cm³/mol. The number of hydrogen-bond acceptors (Lipinski definition) is 9. The van der Waals surface area contributed by atoms with Gasteiger partial charge in [-0.1, -0.05) is 61.2 Å². The van der Waals surface area contributed by atoms with E-state index in [1.165, 1.54) is 6.08 Å². The van der Waals surface area contributed by atoms with Crippen LogP contribution in [0, 0.1) is 0 Å². The Morgan fingerprint density at radius 1 is 0.957 bits per heavy atom. The minimum atomic E-state index is -1.45. The molecule has 2 aliphatic carbocycles. The number of fused-ring (bicyclic) bond motifs is 3. The molecule has 0 radical (unpaired) electrons. The molecular weight excluding hydrogens is 592 g/mol. The molecule has 1 N–H and O–H groups in total. The summed E-state index contributed by atoms with van der Waals surface area (Å²) in [6, 6.07) is 14.6. The van der Waals surface area contributed by atoms with Crippen LogP contribution < -0.4 is 5.32 Å². The van der Waals surface area contributed by atoms with Gasteiger partial charge < -0.3 is 29.0 Å². The highest BCUT2D eigenvalue weighted by Crippen LogP contribution is 2.45. The van der Waals surface area contributed by atoms with Gasteiger partial charge in [0.2, 0.25) is 0 Å². The molecule has 2 aromatic carbocycles. The molecule has 1 fully saturated rings. The maximum Gasteiger partial charge on any atom is 0.412 e. The molecule has 11 nitrogen and oxygen atoms in total. The Labute approximate surface area is 270 Å². The molecule has 4 rings (SSSR count). The van der Waals surface area contributed by atoms with E-state index in [4.69, 9.17) is 23.7 Å². The van der Waals surface area contributed by atoms with E-state index in [-0.39, 0.29) is 25.7 Å². The van der Waals surface area contributed by atoms with Crippen molar-refractivity contribution in [1.82, 2.24) is 10.2 Å². The normalized spacial score (nSPS) is 15.4. The fourth-order valence-corrected chi connectivity index (χ4v) is 5.48. The van der Waals surface area contributed by atoms with E-state index in [9.17, 15) is 19.2 Å². The van der Waals surface area contributed by atoms with E-state index in [1.807, 2.05) is 48.5 Å². The Morgan fingerprint density at radius 2 is 1.54 bits per heavy atom. The zero-order valence-electron chi connectivity index (χ0n) is 27.4. The lowest BCUT2D eigenvalue weighted by molar-refractivity contribution is -0.172. The van der Waals surface area contributed by atoms with Gasteiger partial charge >= 0.3 is 24.1 Å². The highest BCUT2D eigenvalue weighted by molar-refractivity contribution is 5.89. The predicted octanol–water partition coefficient (Wildman–Crippen LogP) is 5.71. The minimum absolute atomic E-state index is 0.0349. The van der Waals surface area contributed by atoms with E-state index in [0.717, 1.165) is 27.2 Å². The van der Waals surface area contributed by atoms with Crippen molar-refractivity contribution in [3.8, 4) is 11.1 Å². The van der Waals surface area contributed by atoms with Gasteiger partial charge in [0.05, 0.1) is 12.2 Å². The highest BCUT2D eigenvalue weighted by Gasteiger charge is 2.59. The van der Waals surface area contributed by atoms with Crippen molar-refractivity contribution in [3.63, 3.8) is 0 Å². The van der Waals surface area contributed by atoms with Gasteiger partial charge in [0.1, 0.15) is 31.1 Å². The Balaban J connectivity index is 1.51. The van der Waals surface area contributed by atoms with Crippen molar-refractivity contribution in [3.05, 3.63) is 72.3 Å². The van der Waals surface area contributed by atoms with E-state index in [0.29, 0.717) is 12.8 Å². The summed E-state index contributed by atoms with van der Waals surface area (Å²) in [4.78, 5) is 53.8. The van der Waals surface area contributed by atoms with Crippen molar-refractivity contribution in [2.45, 2.75) is 83.1 Å². The summed E-state index contributed by atoms with van der Waals surface area (Å²) in [5.41, 5.74) is 0.672. The first-order valence-electron chi connectivity index (χ1n) is 15.4. The number of rotatable bonds is 13. The summed E-state index contributed by atoms with van der Waals surface area (Å²) in [6.07, 6.45) is 0.460. The molecule has 0 unspecified atom stereocenters. The Morgan fingerprint density at radius 3 is 2.07 bits per heavy atom. The number of carbonyl (C=O) groups is 4. The van der Waals surface area contributed by atoms with Crippen LogP contribution in [-0.4, -0.2) is 78.4 Å². The van der Waals surface area contributed by atoms with Gasteiger partial charge in [-0.05, 0) is 76.6 Å². The first kappa shape index (κ1) is 34.5. The second kappa shape index (κ2) is 13.9. The third-order valence-corrected chi connectivity index (χ3v) is 7.95. The molecular formula is C35H44N2O9. The van der Waals surface area contributed by atoms with E-state index in [2.05, 4.69) is 11.9 Å². The van der Waals surface area contributed by atoms with Crippen LogP contribution in [0.25, 0.3) is 11.1 Å². The summed E-state index contributed by atoms with van der Waals surface area (Å²) >= 11 is 0. The first-order chi connectivity index (χ1) is 21.7. The highest BCUT2D eigenvalue weighted by atomic mass is 16.6. The first-order valence-corrected chi connectivity index (χ1v) is 15.4. The Bertz CT molecular complexity index is 1410.